The lowest BCUT2D eigenvalue weighted by Crippen LogP contribution is -2.10. The van der Waals surface area contributed by atoms with Gasteiger partial charge < -0.3 is 4.90 Å². The van der Waals surface area contributed by atoms with Gasteiger partial charge in [-0.3, -0.25) is 20.1 Å². The Kier molecular flexibility index (Phi) is 5.45. The number of halogens is 1. The van der Waals surface area contributed by atoms with Crippen molar-refractivity contribution in [3.05, 3.63) is 130 Å². The maximum Gasteiger partial charge on any atom is 0.277 e. The zero-order valence-corrected chi connectivity index (χ0v) is 22.0. The number of pyridine rings is 2. The van der Waals surface area contributed by atoms with Crippen molar-refractivity contribution in [3.63, 3.8) is 0 Å². The fourth-order valence-electron chi connectivity index (χ4n) is 5.47. The van der Waals surface area contributed by atoms with Crippen molar-refractivity contribution in [3.8, 4) is 11.1 Å². The molecule has 0 atom stereocenters. The average Bonchev–Trinajstić information content (AvgIpc) is 2.98. The molecule has 0 unspecified atom stereocenters. The summed E-state index contributed by atoms with van der Waals surface area (Å²) in [5.41, 5.74) is 3.99. The van der Waals surface area contributed by atoms with E-state index in [4.69, 9.17) is 0 Å². The molecular formula is C32H19BrN4O2. The largest absolute Gasteiger partial charge is 0.310 e. The molecule has 0 saturated heterocycles. The summed E-state index contributed by atoms with van der Waals surface area (Å²) in [5, 5.41) is 18.9. The van der Waals surface area contributed by atoms with E-state index in [9.17, 15) is 10.1 Å². The van der Waals surface area contributed by atoms with Crippen LogP contribution in [0.2, 0.25) is 0 Å². The van der Waals surface area contributed by atoms with Crippen LogP contribution in [0, 0.1) is 10.1 Å². The van der Waals surface area contributed by atoms with Crippen LogP contribution in [0.5, 0.6) is 0 Å². The number of hydrogen-bond acceptors (Lipinski definition) is 5. The predicted octanol–water partition coefficient (Wildman–Crippen LogP) is 9.18. The highest BCUT2D eigenvalue weighted by atomic mass is 79.9. The molecule has 0 radical (unpaired) electrons. The maximum absolute atomic E-state index is 12.3. The van der Waals surface area contributed by atoms with E-state index in [0.717, 1.165) is 59.4 Å². The lowest BCUT2D eigenvalue weighted by Gasteiger charge is -2.25. The number of rotatable bonds is 5. The molecule has 0 aliphatic carbocycles. The van der Waals surface area contributed by atoms with E-state index >= 15 is 0 Å². The molecule has 0 fully saturated rings. The van der Waals surface area contributed by atoms with Gasteiger partial charge in [-0.05, 0) is 80.3 Å². The molecule has 7 heteroatoms. The zero-order chi connectivity index (χ0) is 26.5. The third-order valence-corrected chi connectivity index (χ3v) is 7.87. The quantitative estimate of drug-likeness (QED) is 0.117. The van der Waals surface area contributed by atoms with Crippen LogP contribution in [0.25, 0.3) is 43.4 Å². The van der Waals surface area contributed by atoms with Crippen molar-refractivity contribution in [1.29, 1.82) is 0 Å². The minimum Gasteiger partial charge on any atom is -0.310 e. The van der Waals surface area contributed by atoms with Crippen molar-refractivity contribution in [2.75, 3.05) is 4.90 Å². The summed E-state index contributed by atoms with van der Waals surface area (Å²) in [4.78, 5) is 22.4. The van der Waals surface area contributed by atoms with E-state index in [0.29, 0.717) is 5.56 Å². The molecule has 7 rings (SSSR count). The fraction of sp³-hybridized carbons (Fsp3) is 0. The molecule has 2 aromatic heterocycles. The number of nitro benzene ring substituents is 1. The smallest absolute Gasteiger partial charge is 0.277 e. The maximum atomic E-state index is 12.3. The summed E-state index contributed by atoms with van der Waals surface area (Å²) in [6.45, 7) is 0. The lowest BCUT2D eigenvalue weighted by molar-refractivity contribution is -0.384. The first kappa shape index (κ1) is 23.3. The van der Waals surface area contributed by atoms with E-state index in [-0.39, 0.29) is 10.6 Å². The monoisotopic (exact) mass is 570 g/mol. The van der Waals surface area contributed by atoms with Crippen LogP contribution in [0.15, 0.2) is 120 Å². The van der Waals surface area contributed by atoms with Crippen molar-refractivity contribution in [2.45, 2.75) is 0 Å². The molecule has 0 N–H and O–H groups in total. The van der Waals surface area contributed by atoms with Gasteiger partial charge in [-0.1, -0.05) is 58.4 Å². The summed E-state index contributed by atoms with van der Waals surface area (Å²) in [6, 6.07) is 29.5. The lowest BCUT2D eigenvalue weighted by atomic mass is 9.89. The molecule has 0 amide bonds. The Morgan fingerprint density at radius 3 is 1.82 bits per heavy atom. The van der Waals surface area contributed by atoms with Crippen LogP contribution in [0.1, 0.15) is 0 Å². The standard InChI is InChI=1S/C32H19BrN4O2/c33-29-9-4-21-2-7-26-25(6-1-20-3-8-27(29)32(21)31(20)26)28-19-24(5-10-30(28)37(38)39)36(22-11-15-34-16-12-22)23-13-17-35-18-14-23/h1-19H. The summed E-state index contributed by atoms with van der Waals surface area (Å²) in [6.07, 6.45) is 6.92. The van der Waals surface area contributed by atoms with Crippen LogP contribution >= 0.6 is 15.9 Å². The van der Waals surface area contributed by atoms with Crippen LogP contribution in [0.4, 0.5) is 22.7 Å². The fourth-order valence-corrected chi connectivity index (χ4v) is 5.93. The van der Waals surface area contributed by atoms with E-state index in [1.165, 1.54) is 0 Å². The number of nitrogens with zero attached hydrogens (tertiary/aromatic N) is 4. The van der Waals surface area contributed by atoms with Gasteiger partial charge >= 0.3 is 0 Å². The first-order chi connectivity index (χ1) is 19.1. The molecule has 0 saturated carbocycles. The van der Waals surface area contributed by atoms with Crippen LogP contribution in [-0.4, -0.2) is 14.9 Å². The van der Waals surface area contributed by atoms with E-state index in [1.807, 2.05) is 41.3 Å². The van der Waals surface area contributed by atoms with Gasteiger partial charge in [0.25, 0.3) is 5.69 Å². The first-order valence-electron chi connectivity index (χ1n) is 12.4. The Morgan fingerprint density at radius 1 is 0.615 bits per heavy atom. The Labute approximate surface area is 231 Å². The molecule has 0 spiro atoms. The van der Waals surface area contributed by atoms with Gasteiger partial charge in [0.1, 0.15) is 0 Å². The van der Waals surface area contributed by atoms with Crippen LogP contribution in [0.3, 0.4) is 0 Å². The molecule has 0 aliphatic heterocycles. The third-order valence-electron chi connectivity index (χ3n) is 7.18. The first-order valence-corrected chi connectivity index (χ1v) is 13.1. The van der Waals surface area contributed by atoms with Crippen molar-refractivity contribution in [1.82, 2.24) is 9.97 Å². The Balaban J connectivity index is 1.52. The second kappa shape index (κ2) is 9.15. The van der Waals surface area contributed by atoms with Gasteiger partial charge in [0, 0.05) is 52.4 Å². The molecule has 186 valence electrons. The molecule has 6 nitrogen and oxygen atoms in total. The van der Waals surface area contributed by atoms with Gasteiger partial charge in [-0.25, -0.2) is 0 Å². The number of hydrogen-bond donors (Lipinski definition) is 0. The summed E-state index contributed by atoms with van der Waals surface area (Å²) < 4.78 is 1.02. The highest BCUT2D eigenvalue weighted by molar-refractivity contribution is 9.10. The highest BCUT2D eigenvalue weighted by Gasteiger charge is 2.22. The average molecular weight is 571 g/mol. The normalized spacial score (nSPS) is 11.4. The summed E-state index contributed by atoms with van der Waals surface area (Å²) in [7, 11) is 0. The second-order valence-corrected chi connectivity index (χ2v) is 10.1. The van der Waals surface area contributed by atoms with Gasteiger partial charge in [0.2, 0.25) is 0 Å². The van der Waals surface area contributed by atoms with Crippen molar-refractivity contribution in [2.24, 2.45) is 0 Å². The molecule has 7 aromatic rings. The van der Waals surface area contributed by atoms with E-state index < -0.39 is 0 Å². The Morgan fingerprint density at radius 2 is 1.18 bits per heavy atom. The number of nitro groups is 1. The molecule has 0 aliphatic rings. The number of benzene rings is 5. The molecule has 5 aromatic carbocycles. The Hall–Kier alpha value is -4.88. The van der Waals surface area contributed by atoms with Gasteiger partial charge in [0.15, 0.2) is 0 Å². The SMILES string of the molecule is O=[N+]([O-])c1ccc(N(c2ccncc2)c2ccncc2)cc1-c1ccc2ccc3c(Br)ccc4ccc1c2c43. The number of aromatic nitrogens is 2. The Bertz CT molecular complexity index is 1970. The van der Waals surface area contributed by atoms with Gasteiger partial charge in [0.05, 0.1) is 10.5 Å². The molecule has 39 heavy (non-hydrogen) atoms. The highest BCUT2D eigenvalue weighted by Crippen LogP contribution is 2.45. The minimum absolute atomic E-state index is 0.0550. The summed E-state index contributed by atoms with van der Waals surface area (Å²) in [5.74, 6) is 0. The van der Waals surface area contributed by atoms with E-state index in [1.54, 1.807) is 36.9 Å². The zero-order valence-electron chi connectivity index (χ0n) is 20.5. The van der Waals surface area contributed by atoms with E-state index in [2.05, 4.69) is 68.4 Å². The minimum atomic E-state index is -0.309. The topological polar surface area (TPSA) is 72.2 Å². The van der Waals surface area contributed by atoms with Gasteiger partial charge in [-0.15, -0.1) is 0 Å². The van der Waals surface area contributed by atoms with Crippen molar-refractivity contribution >= 4 is 71.0 Å². The summed E-state index contributed by atoms with van der Waals surface area (Å²) >= 11 is 3.70. The van der Waals surface area contributed by atoms with Gasteiger partial charge in [-0.2, -0.15) is 0 Å². The molecule has 2 heterocycles. The predicted molar refractivity (Wildman–Crippen MR) is 160 cm³/mol. The second-order valence-electron chi connectivity index (χ2n) is 9.29. The van der Waals surface area contributed by atoms with Crippen LogP contribution in [-0.2, 0) is 0 Å². The molecular weight excluding hydrogens is 552 g/mol. The van der Waals surface area contributed by atoms with Crippen LogP contribution < -0.4 is 4.90 Å². The molecule has 0 bridgehead atoms. The van der Waals surface area contributed by atoms with Crippen molar-refractivity contribution < 1.29 is 4.92 Å². The number of anilines is 3. The third kappa shape index (κ3) is 3.78.